The van der Waals surface area contributed by atoms with Crippen molar-refractivity contribution < 1.29 is 10.2 Å². The van der Waals surface area contributed by atoms with Crippen LogP contribution in [0.4, 0.5) is 5.69 Å². The molecule has 0 amide bonds. The van der Waals surface area contributed by atoms with Gasteiger partial charge in [-0.15, -0.1) is 0 Å². The molecule has 0 bridgehead atoms. The van der Waals surface area contributed by atoms with Crippen molar-refractivity contribution in [2.45, 2.75) is 66.2 Å². The standard InChI is InChI=1S/C30H41N2O2P/c1-20-16-23(29(3,4)5)27(33)25(18-20)35(32(9)10,31-22-14-12-11-13-15-22)26-19-21(2)17-24(28(26)34)30(6,7)8/h11-19,33-34H,1-10H3. The van der Waals surface area contributed by atoms with Gasteiger partial charge in [-0.05, 0) is 74.2 Å². The number of phenolic OH excluding ortho intramolecular Hbond substituents is 2. The van der Waals surface area contributed by atoms with Crippen molar-refractivity contribution in [1.82, 2.24) is 4.67 Å². The van der Waals surface area contributed by atoms with E-state index in [1.54, 1.807) is 0 Å². The smallest absolute Gasteiger partial charge is 0.129 e. The summed E-state index contributed by atoms with van der Waals surface area (Å²) in [5.74, 6) is 0.506. The number of aryl methyl sites for hydroxylation is 2. The van der Waals surface area contributed by atoms with Crippen molar-refractivity contribution in [2.75, 3.05) is 14.1 Å². The summed E-state index contributed by atoms with van der Waals surface area (Å²) in [6, 6.07) is 18.1. The number of nitrogens with zero attached hydrogens (tertiary/aromatic N) is 2. The molecule has 3 rings (SSSR count). The average molecular weight is 493 g/mol. The normalized spacial score (nSPS) is 12.8. The monoisotopic (exact) mass is 492 g/mol. The van der Waals surface area contributed by atoms with E-state index in [9.17, 15) is 10.2 Å². The van der Waals surface area contributed by atoms with Gasteiger partial charge >= 0.3 is 0 Å². The Morgan fingerprint density at radius 2 is 1.09 bits per heavy atom. The van der Waals surface area contributed by atoms with Crippen molar-refractivity contribution in [2.24, 2.45) is 4.74 Å². The summed E-state index contributed by atoms with van der Waals surface area (Å²) in [6.07, 6.45) is 0. The maximum absolute atomic E-state index is 11.8. The van der Waals surface area contributed by atoms with Crippen molar-refractivity contribution in [3.8, 4) is 11.5 Å². The molecule has 0 heterocycles. The minimum Gasteiger partial charge on any atom is -0.507 e. The van der Waals surface area contributed by atoms with Gasteiger partial charge in [0.25, 0.3) is 0 Å². The Balaban J connectivity index is 2.63. The fraction of sp³-hybridized carbons (Fsp3) is 0.400. The van der Waals surface area contributed by atoms with Crippen LogP contribution in [-0.2, 0) is 10.8 Å². The van der Waals surface area contributed by atoms with E-state index in [1.165, 1.54) is 0 Å². The van der Waals surface area contributed by atoms with Gasteiger partial charge in [0.2, 0.25) is 0 Å². The molecule has 0 radical (unpaired) electrons. The van der Waals surface area contributed by atoms with Crippen LogP contribution in [0.3, 0.4) is 0 Å². The SMILES string of the molecule is Cc1cc(C(C)(C)C)c(O)c(P(=Nc2ccccc2)(c2cc(C)cc(C(C)(C)C)c2O)N(C)C)c1. The number of hydrogen-bond donors (Lipinski definition) is 2. The molecule has 0 aliphatic rings. The summed E-state index contributed by atoms with van der Waals surface area (Å²) < 4.78 is 7.50. The van der Waals surface area contributed by atoms with E-state index in [-0.39, 0.29) is 22.3 Å². The number of rotatable bonds is 4. The van der Waals surface area contributed by atoms with Gasteiger partial charge in [-0.25, -0.2) is 4.74 Å². The molecule has 3 aromatic carbocycles. The second-order valence-corrected chi connectivity index (χ2v) is 14.9. The highest BCUT2D eigenvalue weighted by atomic mass is 31.2. The van der Waals surface area contributed by atoms with Gasteiger partial charge in [-0.1, -0.05) is 71.9 Å². The molecule has 0 saturated heterocycles. The molecule has 0 aromatic heterocycles. The highest BCUT2D eigenvalue weighted by Crippen LogP contribution is 2.57. The van der Waals surface area contributed by atoms with Gasteiger partial charge < -0.3 is 10.2 Å². The Kier molecular flexibility index (Phi) is 7.33. The summed E-state index contributed by atoms with van der Waals surface area (Å²) in [5.41, 5.74) is 4.16. The van der Waals surface area contributed by atoms with Gasteiger partial charge in [0, 0.05) is 11.1 Å². The molecule has 2 N–H and O–H groups in total. The zero-order valence-electron chi connectivity index (χ0n) is 22.9. The average Bonchev–Trinajstić information content (AvgIpc) is 2.74. The largest absolute Gasteiger partial charge is 0.507 e. The molecule has 0 aliphatic heterocycles. The lowest BCUT2D eigenvalue weighted by Gasteiger charge is -2.36. The molecule has 0 atom stereocenters. The van der Waals surface area contributed by atoms with Crippen molar-refractivity contribution in [1.29, 1.82) is 0 Å². The fourth-order valence-electron chi connectivity index (χ4n) is 4.56. The van der Waals surface area contributed by atoms with Crippen LogP contribution in [0, 0.1) is 13.8 Å². The highest BCUT2D eigenvalue weighted by Gasteiger charge is 2.37. The quantitative estimate of drug-likeness (QED) is 0.377. The molecule has 0 saturated carbocycles. The zero-order valence-corrected chi connectivity index (χ0v) is 23.8. The molecule has 4 nitrogen and oxygen atoms in total. The van der Waals surface area contributed by atoms with Crippen LogP contribution in [0.2, 0.25) is 0 Å². The second kappa shape index (κ2) is 9.48. The predicted molar refractivity (Wildman–Crippen MR) is 151 cm³/mol. The first-order valence-electron chi connectivity index (χ1n) is 12.1. The van der Waals surface area contributed by atoms with Crippen molar-refractivity contribution in [3.05, 3.63) is 76.9 Å². The van der Waals surface area contributed by atoms with Gasteiger partial charge in [-0.3, -0.25) is 4.67 Å². The summed E-state index contributed by atoms with van der Waals surface area (Å²) in [6.45, 7) is 16.8. The van der Waals surface area contributed by atoms with E-state index in [4.69, 9.17) is 4.74 Å². The first-order chi connectivity index (χ1) is 16.1. The van der Waals surface area contributed by atoms with Crippen molar-refractivity contribution >= 4 is 23.5 Å². The second-order valence-electron chi connectivity index (χ2n) is 11.7. The maximum Gasteiger partial charge on any atom is 0.129 e. The third-order valence-electron chi connectivity index (χ3n) is 6.35. The molecule has 0 fully saturated rings. The lowest BCUT2D eigenvalue weighted by molar-refractivity contribution is 0.449. The number of benzene rings is 3. The summed E-state index contributed by atoms with van der Waals surface area (Å²) in [5, 5.41) is 25.2. The Bertz CT molecular complexity index is 1210. The van der Waals surface area contributed by atoms with Crippen LogP contribution < -0.4 is 10.6 Å². The van der Waals surface area contributed by atoms with Crippen LogP contribution in [0.25, 0.3) is 0 Å². The Hall–Kier alpha value is -2.55. The van der Waals surface area contributed by atoms with E-state index in [0.29, 0.717) is 0 Å². The molecule has 35 heavy (non-hydrogen) atoms. The third kappa shape index (κ3) is 5.20. The number of aromatic hydroxyl groups is 2. The van der Waals surface area contributed by atoms with Gasteiger partial charge in [-0.2, -0.15) is 0 Å². The lowest BCUT2D eigenvalue weighted by Crippen LogP contribution is -2.30. The van der Waals surface area contributed by atoms with Gasteiger partial charge in [0.1, 0.15) is 18.7 Å². The Labute approximate surface area is 211 Å². The Morgan fingerprint density at radius 3 is 1.43 bits per heavy atom. The minimum atomic E-state index is -2.86. The summed E-state index contributed by atoms with van der Waals surface area (Å²) >= 11 is 0. The molecular weight excluding hydrogens is 451 g/mol. The number of phenols is 2. The minimum absolute atomic E-state index is 0.253. The van der Waals surface area contributed by atoms with Crippen LogP contribution in [0.1, 0.15) is 63.8 Å². The van der Waals surface area contributed by atoms with E-state index in [0.717, 1.165) is 38.6 Å². The van der Waals surface area contributed by atoms with E-state index in [1.807, 2.05) is 56.6 Å². The first-order valence-corrected chi connectivity index (χ1v) is 13.8. The fourth-order valence-corrected chi connectivity index (χ4v) is 8.14. The van der Waals surface area contributed by atoms with Gasteiger partial charge in [0.15, 0.2) is 0 Å². The van der Waals surface area contributed by atoms with E-state index in [2.05, 4.69) is 72.2 Å². The molecule has 3 aromatic rings. The molecule has 188 valence electrons. The lowest BCUT2D eigenvalue weighted by atomic mass is 9.85. The molecule has 5 heteroatoms. The predicted octanol–water partition coefficient (Wildman–Crippen LogP) is 7.27. The molecule has 0 spiro atoms. The highest BCUT2D eigenvalue weighted by molar-refractivity contribution is 7.79. The first kappa shape index (κ1) is 27.0. The van der Waals surface area contributed by atoms with Crippen LogP contribution in [0.5, 0.6) is 11.5 Å². The molecule has 0 aliphatic carbocycles. The van der Waals surface area contributed by atoms with Gasteiger partial charge in [0.05, 0.1) is 16.3 Å². The number of hydrogen-bond acceptors (Lipinski definition) is 3. The van der Waals surface area contributed by atoms with Crippen LogP contribution in [-0.4, -0.2) is 29.0 Å². The molecule has 0 unspecified atom stereocenters. The maximum atomic E-state index is 11.8. The van der Waals surface area contributed by atoms with E-state index >= 15 is 0 Å². The summed E-state index contributed by atoms with van der Waals surface area (Å²) in [7, 11) is 1.14. The topological polar surface area (TPSA) is 56.1 Å². The third-order valence-corrected chi connectivity index (χ3v) is 10.1. The Morgan fingerprint density at radius 1 is 0.686 bits per heavy atom. The van der Waals surface area contributed by atoms with Crippen LogP contribution >= 0.6 is 7.21 Å². The zero-order chi connectivity index (χ0) is 26.3. The van der Waals surface area contributed by atoms with E-state index < -0.39 is 7.21 Å². The summed E-state index contributed by atoms with van der Waals surface area (Å²) in [4.78, 5) is 0. The van der Waals surface area contributed by atoms with Crippen LogP contribution in [0.15, 0.2) is 59.3 Å². The molecular formula is C30H41N2O2P. The van der Waals surface area contributed by atoms with Crippen molar-refractivity contribution in [3.63, 3.8) is 0 Å².